The zero-order chi connectivity index (χ0) is 29.9. The summed E-state index contributed by atoms with van der Waals surface area (Å²) in [7, 11) is -1.30. The number of hydrogen-bond donors (Lipinski definition) is 2. The maximum absolute atomic E-state index is 13.3. The van der Waals surface area contributed by atoms with Crippen molar-refractivity contribution in [3.63, 3.8) is 0 Å². The Labute approximate surface area is 243 Å². The molecule has 2 N–H and O–H groups in total. The highest BCUT2D eigenvalue weighted by Crippen LogP contribution is 2.32. The fraction of sp³-hybridized carbons (Fsp3) is 0.655. The Hall–Kier alpha value is -2.96. The zero-order valence-corrected chi connectivity index (χ0v) is 26.1. The smallest absolute Gasteiger partial charge is 0.408 e. The summed E-state index contributed by atoms with van der Waals surface area (Å²) in [6.45, 7) is 14.1. The number of rotatable bonds is 9. The monoisotopic (exact) mass is 588 g/mol. The number of nitrogens with zero attached hydrogens (tertiary/aromatic N) is 2. The summed E-state index contributed by atoms with van der Waals surface area (Å²) in [6.07, 6.45) is 0.338. The highest BCUT2D eigenvalue weighted by atomic mass is 28.3. The molecule has 1 aromatic carbocycles. The minimum atomic E-state index is -1.30. The molecule has 0 aromatic heterocycles. The van der Waals surface area contributed by atoms with Crippen LogP contribution < -0.4 is 15.4 Å². The van der Waals surface area contributed by atoms with Crippen molar-refractivity contribution >= 4 is 31.9 Å². The van der Waals surface area contributed by atoms with Crippen LogP contribution in [-0.4, -0.2) is 91.9 Å². The molecule has 0 aliphatic carbocycles. The van der Waals surface area contributed by atoms with Gasteiger partial charge in [0.05, 0.1) is 6.04 Å². The predicted molar refractivity (Wildman–Crippen MR) is 155 cm³/mol. The van der Waals surface area contributed by atoms with Crippen molar-refractivity contribution in [2.24, 2.45) is 0 Å². The molecule has 0 spiro atoms. The first kappa shape index (κ1) is 31.0. The van der Waals surface area contributed by atoms with E-state index in [0.29, 0.717) is 30.9 Å². The van der Waals surface area contributed by atoms with Crippen molar-refractivity contribution in [1.82, 2.24) is 20.4 Å². The number of alkyl carbamates (subject to hydrolysis) is 1. The second-order valence-corrected chi connectivity index (χ2v) is 18.8. The van der Waals surface area contributed by atoms with Crippen molar-refractivity contribution in [1.29, 1.82) is 0 Å². The second kappa shape index (κ2) is 12.5. The molecule has 3 aliphatic heterocycles. The average Bonchev–Trinajstić information content (AvgIpc) is 3.18. The van der Waals surface area contributed by atoms with Gasteiger partial charge in [-0.3, -0.25) is 19.3 Å². The van der Waals surface area contributed by atoms with E-state index in [1.807, 2.05) is 26.8 Å². The molecule has 0 saturated carbocycles. The van der Waals surface area contributed by atoms with E-state index in [-0.39, 0.29) is 50.1 Å². The highest BCUT2D eigenvalue weighted by molar-refractivity contribution is 6.76. The van der Waals surface area contributed by atoms with Gasteiger partial charge in [0, 0.05) is 39.8 Å². The standard InChI is InChI=1S/C29H44N4O7Si/c1-29(2,3)40-28(37)31-22-11-12-30-16-24(22)39-20-7-8-21-19(15-20)17-32(26(21)35)23-9-10-25(34)33(27(23)36)18-38-13-14-41(4,5)6/h7-8,15,22-24,30H,9-14,16-18H2,1-6H3,(H,31,37)/t22-,23?,24-/m1/s1. The number of carbonyl (C=O) groups excluding carboxylic acids is 4. The molecule has 2 saturated heterocycles. The van der Waals surface area contributed by atoms with Gasteiger partial charge in [-0.15, -0.1) is 0 Å². The zero-order valence-electron chi connectivity index (χ0n) is 25.1. The summed E-state index contributed by atoms with van der Waals surface area (Å²) in [6, 6.07) is 5.25. The number of carbonyl (C=O) groups is 4. The number of ether oxygens (including phenoxy) is 3. The third-order valence-electron chi connectivity index (χ3n) is 7.40. The van der Waals surface area contributed by atoms with Crippen LogP contribution in [-0.2, 0) is 25.6 Å². The summed E-state index contributed by atoms with van der Waals surface area (Å²) in [5.41, 5.74) is 0.678. The van der Waals surface area contributed by atoms with E-state index in [0.717, 1.165) is 23.1 Å². The van der Waals surface area contributed by atoms with E-state index in [2.05, 4.69) is 30.3 Å². The lowest BCUT2D eigenvalue weighted by atomic mass is 10.0. The van der Waals surface area contributed by atoms with Crippen LogP contribution >= 0.6 is 0 Å². The molecule has 0 radical (unpaired) electrons. The fourth-order valence-corrected chi connectivity index (χ4v) is 5.93. The van der Waals surface area contributed by atoms with E-state index < -0.39 is 31.7 Å². The third-order valence-corrected chi connectivity index (χ3v) is 9.11. The quantitative estimate of drug-likeness (QED) is 0.256. The number of likely N-dealkylation sites (tertiary alicyclic amines) is 1. The molecule has 226 valence electrons. The van der Waals surface area contributed by atoms with Gasteiger partial charge in [0.2, 0.25) is 5.91 Å². The van der Waals surface area contributed by atoms with Crippen molar-refractivity contribution in [2.75, 3.05) is 26.4 Å². The summed E-state index contributed by atoms with van der Waals surface area (Å²) in [5, 5.41) is 6.22. The predicted octanol–water partition coefficient (Wildman–Crippen LogP) is 3.11. The van der Waals surface area contributed by atoms with Gasteiger partial charge in [-0.2, -0.15) is 0 Å². The van der Waals surface area contributed by atoms with Crippen molar-refractivity contribution in [3.05, 3.63) is 29.3 Å². The minimum Gasteiger partial charge on any atom is -0.487 e. The molecule has 11 nitrogen and oxygen atoms in total. The number of amides is 4. The van der Waals surface area contributed by atoms with Crippen LogP contribution in [0.4, 0.5) is 4.79 Å². The Morgan fingerprint density at radius 2 is 1.90 bits per heavy atom. The molecule has 4 rings (SSSR count). The number of hydrogen-bond acceptors (Lipinski definition) is 8. The maximum Gasteiger partial charge on any atom is 0.408 e. The molecule has 41 heavy (non-hydrogen) atoms. The fourth-order valence-electron chi connectivity index (χ4n) is 5.18. The minimum absolute atomic E-state index is 0.0838. The number of fused-ring (bicyclic) bond motifs is 1. The summed E-state index contributed by atoms with van der Waals surface area (Å²) in [5.74, 6) is -0.320. The van der Waals surface area contributed by atoms with Gasteiger partial charge in [0.15, 0.2) is 0 Å². The average molecular weight is 589 g/mol. The molecule has 2 fully saturated rings. The van der Waals surface area contributed by atoms with Gasteiger partial charge in [-0.25, -0.2) is 4.79 Å². The first-order chi connectivity index (χ1) is 19.2. The largest absolute Gasteiger partial charge is 0.487 e. The van der Waals surface area contributed by atoms with Crippen LogP contribution in [0.5, 0.6) is 5.75 Å². The number of imide groups is 1. The number of nitrogens with one attached hydrogen (secondary N) is 2. The van der Waals surface area contributed by atoms with Crippen molar-refractivity contribution in [3.8, 4) is 5.75 Å². The Bertz CT molecular complexity index is 1160. The molecule has 3 heterocycles. The molecular formula is C29H44N4O7Si. The third kappa shape index (κ3) is 8.07. The maximum atomic E-state index is 13.3. The summed E-state index contributed by atoms with van der Waals surface area (Å²) >= 11 is 0. The second-order valence-electron chi connectivity index (χ2n) is 13.2. The lowest BCUT2D eigenvalue weighted by Crippen LogP contribution is -2.55. The molecule has 12 heteroatoms. The first-order valence-electron chi connectivity index (χ1n) is 14.4. The van der Waals surface area contributed by atoms with Crippen LogP contribution in [0.2, 0.25) is 25.7 Å². The SMILES string of the molecule is CC(C)(C)OC(=O)N[C@@H]1CCNC[C@H]1Oc1ccc2c(c1)CN(C1CCC(=O)N(COCC[Si](C)(C)C)C1=O)C2=O. The van der Waals surface area contributed by atoms with E-state index >= 15 is 0 Å². The van der Waals surface area contributed by atoms with E-state index in [9.17, 15) is 19.2 Å². The first-order valence-corrected chi connectivity index (χ1v) is 18.2. The van der Waals surface area contributed by atoms with E-state index in [1.54, 1.807) is 17.0 Å². The van der Waals surface area contributed by atoms with Crippen molar-refractivity contribution in [2.45, 2.75) is 96.1 Å². The molecule has 3 atom stereocenters. The highest BCUT2D eigenvalue weighted by Gasteiger charge is 2.43. The van der Waals surface area contributed by atoms with Gasteiger partial charge in [-0.05, 0) is 70.0 Å². The van der Waals surface area contributed by atoms with E-state index in [1.165, 1.54) is 0 Å². The van der Waals surface area contributed by atoms with E-state index in [4.69, 9.17) is 14.2 Å². The van der Waals surface area contributed by atoms with Crippen LogP contribution in [0.15, 0.2) is 18.2 Å². The Balaban J connectivity index is 1.39. The Morgan fingerprint density at radius 1 is 1.15 bits per heavy atom. The normalized spacial score (nSPS) is 23.5. The molecule has 0 bridgehead atoms. The van der Waals surface area contributed by atoms with Crippen LogP contribution in [0.1, 0.15) is 56.0 Å². The lowest BCUT2D eigenvalue weighted by molar-refractivity contribution is -0.158. The molecule has 3 aliphatic rings. The molecular weight excluding hydrogens is 544 g/mol. The van der Waals surface area contributed by atoms with Gasteiger partial charge in [0.25, 0.3) is 11.8 Å². The van der Waals surface area contributed by atoms with Crippen LogP contribution in [0.25, 0.3) is 0 Å². The van der Waals surface area contributed by atoms with Gasteiger partial charge in [0.1, 0.15) is 30.2 Å². The number of benzene rings is 1. The molecule has 4 amide bonds. The summed E-state index contributed by atoms with van der Waals surface area (Å²) in [4.78, 5) is 54.2. The van der Waals surface area contributed by atoms with Crippen molar-refractivity contribution < 1.29 is 33.4 Å². The Kier molecular flexibility index (Phi) is 9.44. The topological polar surface area (TPSA) is 127 Å². The van der Waals surface area contributed by atoms with Gasteiger partial charge >= 0.3 is 6.09 Å². The molecule has 1 aromatic rings. The molecule has 1 unspecified atom stereocenters. The lowest BCUT2D eigenvalue weighted by Gasteiger charge is -2.35. The van der Waals surface area contributed by atoms with Crippen LogP contribution in [0, 0.1) is 0 Å². The Morgan fingerprint density at radius 3 is 2.61 bits per heavy atom. The van der Waals surface area contributed by atoms with Gasteiger partial charge < -0.3 is 29.7 Å². The van der Waals surface area contributed by atoms with Gasteiger partial charge in [-0.1, -0.05) is 19.6 Å². The van der Waals surface area contributed by atoms with Crippen LogP contribution in [0.3, 0.4) is 0 Å². The summed E-state index contributed by atoms with van der Waals surface area (Å²) < 4.78 is 17.4. The number of piperidine rings is 2.